The van der Waals surface area contributed by atoms with Crippen LogP contribution in [0.4, 0.5) is 0 Å². The lowest BCUT2D eigenvalue weighted by atomic mass is 9.97. The lowest BCUT2D eigenvalue weighted by Crippen LogP contribution is -2.17. The molecule has 1 aliphatic heterocycles. The molecule has 1 saturated heterocycles. The van der Waals surface area contributed by atoms with Gasteiger partial charge in [-0.05, 0) is 61.5 Å². The van der Waals surface area contributed by atoms with Crippen molar-refractivity contribution in [3.05, 3.63) is 71.9 Å². The monoisotopic (exact) mass is 405 g/mol. The highest BCUT2D eigenvalue weighted by atomic mass is 15.3. The Balaban J connectivity index is 1.47. The molecule has 2 aromatic carbocycles. The van der Waals surface area contributed by atoms with E-state index in [0.29, 0.717) is 5.56 Å². The molecule has 3 atom stereocenters. The van der Waals surface area contributed by atoms with E-state index < -0.39 is 0 Å². The number of nitrogens with one attached hydrogen (secondary N) is 1. The van der Waals surface area contributed by atoms with Crippen molar-refractivity contribution in [2.45, 2.75) is 13.5 Å². The minimum Gasteiger partial charge on any atom is -0.316 e. The molecule has 2 fully saturated rings. The van der Waals surface area contributed by atoms with E-state index in [1.165, 1.54) is 5.56 Å². The molecule has 1 aliphatic carbocycles. The zero-order valence-corrected chi connectivity index (χ0v) is 17.4. The molecule has 6 rings (SSSR count). The Kier molecular flexibility index (Phi) is 4.15. The molecule has 0 spiro atoms. The van der Waals surface area contributed by atoms with Gasteiger partial charge in [0.05, 0.1) is 29.0 Å². The summed E-state index contributed by atoms with van der Waals surface area (Å²) in [6.07, 6.45) is 1.89. The number of hydrogen-bond acceptors (Lipinski definition) is 4. The molecular weight excluding hydrogens is 382 g/mol. The maximum Gasteiger partial charge on any atom is 0.109 e. The van der Waals surface area contributed by atoms with Crippen molar-refractivity contribution in [1.29, 1.82) is 5.26 Å². The minimum absolute atomic E-state index is 0.661. The normalized spacial score (nSPS) is 21.7. The molecule has 2 aliphatic rings. The van der Waals surface area contributed by atoms with E-state index in [1.807, 2.05) is 30.5 Å². The fraction of sp³-hybridized carbons (Fsp3) is 0.269. The summed E-state index contributed by atoms with van der Waals surface area (Å²) in [5.74, 6) is 2.33. The summed E-state index contributed by atoms with van der Waals surface area (Å²) in [5.41, 5.74) is 8.05. The van der Waals surface area contributed by atoms with Crippen LogP contribution in [0.5, 0.6) is 0 Å². The van der Waals surface area contributed by atoms with Crippen molar-refractivity contribution in [2.24, 2.45) is 17.8 Å². The van der Waals surface area contributed by atoms with Crippen LogP contribution in [-0.4, -0.2) is 27.9 Å². The molecule has 1 N–H and O–H groups in total. The summed E-state index contributed by atoms with van der Waals surface area (Å²) in [5, 5.41) is 17.4. The van der Waals surface area contributed by atoms with Crippen molar-refractivity contribution in [1.82, 2.24) is 20.1 Å². The number of nitrogens with zero attached hydrogens (tertiary/aromatic N) is 4. The summed E-state index contributed by atoms with van der Waals surface area (Å²) < 4.78 is 2.14. The Bertz CT molecular complexity index is 1300. The van der Waals surface area contributed by atoms with Crippen molar-refractivity contribution < 1.29 is 0 Å². The van der Waals surface area contributed by atoms with Gasteiger partial charge < -0.3 is 5.32 Å². The Hall–Kier alpha value is -3.49. The van der Waals surface area contributed by atoms with Gasteiger partial charge >= 0.3 is 0 Å². The summed E-state index contributed by atoms with van der Waals surface area (Å²) in [6.45, 7) is 5.33. The first-order valence-corrected chi connectivity index (χ1v) is 10.9. The number of piperidine rings is 1. The maximum absolute atomic E-state index is 9.19. The van der Waals surface area contributed by atoms with E-state index in [0.717, 1.165) is 70.8 Å². The van der Waals surface area contributed by atoms with Gasteiger partial charge in [0, 0.05) is 17.7 Å². The van der Waals surface area contributed by atoms with E-state index in [2.05, 4.69) is 53.3 Å². The number of fused-ring (bicyclic) bond motifs is 2. The maximum atomic E-state index is 9.19. The van der Waals surface area contributed by atoms with Gasteiger partial charge in [-0.25, -0.2) is 4.98 Å². The molecular formula is C26H23N5. The number of nitriles is 1. The Labute approximate surface area is 181 Å². The molecule has 2 aromatic heterocycles. The van der Waals surface area contributed by atoms with Crippen molar-refractivity contribution in [3.8, 4) is 28.5 Å². The molecule has 0 radical (unpaired) electrons. The topological polar surface area (TPSA) is 66.5 Å². The van der Waals surface area contributed by atoms with Crippen LogP contribution in [0.25, 0.3) is 33.4 Å². The standard InChI is InChI=1S/C26H23N5/c1-16-2-6-19(7-3-16)26-20(18-8-4-17(11-27)5-9-18)10-25-24(30-26)14-29-31(25)15-23-21-12-28-13-22(21)23/h2-10,14,21-23,28H,12-13,15H2,1H3/t21-,22+,23+. The molecule has 1 saturated carbocycles. The Morgan fingerprint density at radius 2 is 1.74 bits per heavy atom. The van der Waals surface area contributed by atoms with Crippen LogP contribution in [-0.2, 0) is 6.54 Å². The molecule has 3 heterocycles. The quantitative estimate of drug-likeness (QED) is 0.546. The largest absolute Gasteiger partial charge is 0.316 e. The molecule has 152 valence electrons. The number of aryl methyl sites for hydroxylation is 1. The van der Waals surface area contributed by atoms with E-state index >= 15 is 0 Å². The van der Waals surface area contributed by atoms with Crippen LogP contribution in [0.2, 0.25) is 0 Å². The van der Waals surface area contributed by atoms with Gasteiger partial charge in [-0.15, -0.1) is 0 Å². The molecule has 5 heteroatoms. The second kappa shape index (κ2) is 7.04. The summed E-state index contributed by atoms with van der Waals surface area (Å²) in [7, 11) is 0. The van der Waals surface area contributed by atoms with Crippen LogP contribution in [0, 0.1) is 36.0 Å². The van der Waals surface area contributed by atoms with Gasteiger partial charge in [0.15, 0.2) is 0 Å². The first kappa shape index (κ1) is 18.3. The zero-order chi connectivity index (χ0) is 20.9. The van der Waals surface area contributed by atoms with E-state index in [9.17, 15) is 5.26 Å². The number of benzene rings is 2. The number of pyridine rings is 1. The number of hydrogen-bond donors (Lipinski definition) is 1. The average molecular weight is 406 g/mol. The lowest BCUT2D eigenvalue weighted by molar-refractivity contribution is 0.494. The molecule has 4 aromatic rings. The summed E-state index contributed by atoms with van der Waals surface area (Å²) in [6, 6.07) is 20.7. The molecule has 0 unspecified atom stereocenters. The summed E-state index contributed by atoms with van der Waals surface area (Å²) in [4.78, 5) is 5.05. The van der Waals surface area contributed by atoms with Crippen molar-refractivity contribution in [3.63, 3.8) is 0 Å². The van der Waals surface area contributed by atoms with Crippen molar-refractivity contribution in [2.75, 3.05) is 13.1 Å². The zero-order valence-electron chi connectivity index (χ0n) is 17.4. The molecule has 0 bridgehead atoms. The van der Waals surface area contributed by atoms with Crippen LogP contribution in [0.3, 0.4) is 0 Å². The third-order valence-corrected chi connectivity index (χ3v) is 6.93. The van der Waals surface area contributed by atoms with Gasteiger partial charge in [0.1, 0.15) is 5.52 Å². The van der Waals surface area contributed by atoms with E-state index in [4.69, 9.17) is 10.1 Å². The van der Waals surface area contributed by atoms with Gasteiger partial charge in [-0.1, -0.05) is 42.0 Å². The number of rotatable bonds is 4. The number of aromatic nitrogens is 3. The van der Waals surface area contributed by atoms with Crippen LogP contribution < -0.4 is 5.32 Å². The van der Waals surface area contributed by atoms with Gasteiger partial charge in [-0.2, -0.15) is 10.4 Å². The lowest BCUT2D eigenvalue weighted by Gasteiger charge is -2.12. The third kappa shape index (κ3) is 3.11. The van der Waals surface area contributed by atoms with Crippen LogP contribution in [0.1, 0.15) is 11.1 Å². The predicted molar refractivity (Wildman–Crippen MR) is 121 cm³/mol. The summed E-state index contributed by atoms with van der Waals surface area (Å²) >= 11 is 0. The Morgan fingerprint density at radius 3 is 2.45 bits per heavy atom. The first-order chi connectivity index (χ1) is 15.2. The highest BCUT2D eigenvalue weighted by Crippen LogP contribution is 2.49. The second-order valence-electron chi connectivity index (χ2n) is 8.82. The fourth-order valence-corrected chi connectivity index (χ4v) is 5.04. The fourth-order valence-electron chi connectivity index (χ4n) is 5.04. The van der Waals surface area contributed by atoms with E-state index in [1.54, 1.807) is 0 Å². The van der Waals surface area contributed by atoms with Crippen LogP contribution >= 0.6 is 0 Å². The Morgan fingerprint density at radius 1 is 1.03 bits per heavy atom. The van der Waals surface area contributed by atoms with Gasteiger partial charge in [0.25, 0.3) is 0 Å². The smallest absolute Gasteiger partial charge is 0.109 e. The average Bonchev–Trinajstić information content (AvgIpc) is 3.12. The molecule has 5 nitrogen and oxygen atoms in total. The third-order valence-electron chi connectivity index (χ3n) is 6.93. The molecule has 31 heavy (non-hydrogen) atoms. The van der Waals surface area contributed by atoms with Crippen LogP contribution in [0.15, 0.2) is 60.8 Å². The predicted octanol–water partition coefficient (Wildman–Crippen LogP) is 4.41. The highest BCUT2D eigenvalue weighted by Gasteiger charge is 2.52. The van der Waals surface area contributed by atoms with Crippen molar-refractivity contribution >= 4 is 11.0 Å². The first-order valence-electron chi connectivity index (χ1n) is 10.9. The SMILES string of the molecule is Cc1ccc(-c2nc3cnn(C[C@H]4[C@@H]5CNC[C@@H]54)c3cc2-c2ccc(C#N)cc2)cc1. The highest BCUT2D eigenvalue weighted by molar-refractivity contribution is 5.90. The second-order valence-corrected chi connectivity index (χ2v) is 8.82. The van der Waals surface area contributed by atoms with E-state index in [-0.39, 0.29) is 0 Å². The molecule has 0 amide bonds. The van der Waals surface area contributed by atoms with Gasteiger partial charge in [0.2, 0.25) is 0 Å². The van der Waals surface area contributed by atoms with Gasteiger partial charge in [-0.3, -0.25) is 4.68 Å². The minimum atomic E-state index is 0.661.